The predicted molar refractivity (Wildman–Crippen MR) is 82.7 cm³/mol. The Bertz CT molecular complexity index is 764. The summed E-state index contributed by atoms with van der Waals surface area (Å²) in [4.78, 5) is 16.5. The molecule has 3 aromatic rings. The van der Waals surface area contributed by atoms with Crippen molar-refractivity contribution in [3.8, 4) is 0 Å². The second kappa shape index (κ2) is 5.76. The van der Waals surface area contributed by atoms with E-state index in [0.717, 1.165) is 22.3 Å². The normalized spacial score (nSPS) is 10.7. The molecule has 5 nitrogen and oxygen atoms in total. The van der Waals surface area contributed by atoms with E-state index in [2.05, 4.69) is 10.3 Å². The standard InChI is InChI=1S/C16H16N4O/c17-9-12-10-20(16-14(12)7-4-8-18-16)11-15(21)19-13-5-2-1-3-6-13/h1-8,10H,9,11,17H2,(H,19,21). The molecule has 0 fully saturated rings. The van der Waals surface area contributed by atoms with Gasteiger partial charge >= 0.3 is 0 Å². The van der Waals surface area contributed by atoms with Gasteiger partial charge in [-0.05, 0) is 29.8 Å². The van der Waals surface area contributed by atoms with E-state index in [4.69, 9.17) is 5.73 Å². The zero-order chi connectivity index (χ0) is 14.7. The van der Waals surface area contributed by atoms with Gasteiger partial charge in [0.1, 0.15) is 12.2 Å². The summed E-state index contributed by atoms with van der Waals surface area (Å²) >= 11 is 0. The third kappa shape index (κ3) is 2.78. The molecule has 1 amide bonds. The number of pyridine rings is 1. The van der Waals surface area contributed by atoms with Gasteiger partial charge in [-0.15, -0.1) is 0 Å². The fraction of sp³-hybridized carbons (Fsp3) is 0.125. The minimum absolute atomic E-state index is 0.0904. The van der Waals surface area contributed by atoms with Gasteiger partial charge in [0.15, 0.2) is 0 Å². The van der Waals surface area contributed by atoms with E-state index in [-0.39, 0.29) is 12.5 Å². The van der Waals surface area contributed by atoms with Gasteiger partial charge in [-0.2, -0.15) is 0 Å². The van der Waals surface area contributed by atoms with Gasteiger partial charge in [-0.25, -0.2) is 4.98 Å². The number of para-hydroxylation sites is 1. The number of amides is 1. The molecule has 0 saturated heterocycles. The molecule has 106 valence electrons. The fourth-order valence-electron chi connectivity index (χ4n) is 2.36. The largest absolute Gasteiger partial charge is 0.326 e. The Labute approximate surface area is 122 Å². The molecule has 3 rings (SSSR count). The molecule has 3 N–H and O–H groups in total. The molecule has 21 heavy (non-hydrogen) atoms. The lowest BCUT2D eigenvalue weighted by molar-refractivity contribution is -0.116. The first-order valence-corrected chi connectivity index (χ1v) is 6.75. The average molecular weight is 280 g/mol. The minimum Gasteiger partial charge on any atom is -0.326 e. The van der Waals surface area contributed by atoms with Crippen LogP contribution < -0.4 is 11.1 Å². The number of nitrogens with one attached hydrogen (secondary N) is 1. The average Bonchev–Trinajstić information content (AvgIpc) is 2.86. The molecule has 0 saturated carbocycles. The van der Waals surface area contributed by atoms with Crippen LogP contribution in [0.3, 0.4) is 0 Å². The highest BCUT2D eigenvalue weighted by Crippen LogP contribution is 2.18. The maximum absolute atomic E-state index is 12.1. The Kier molecular flexibility index (Phi) is 3.66. The molecule has 0 atom stereocenters. The van der Waals surface area contributed by atoms with Crippen LogP contribution in [0.4, 0.5) is 5.69 Å². The molecule has 0 radical (unpaired) electrons. The van der Waals surface area contributed by atoms with Gasteiger partial charge in [0.05, 0.1) is 0 Å². The lowest BCUT2D eigenvalue weighted by atomic mass is 10.2. The van der Waals surface area contributed by atoms with E-state index < -0.39 is 0 Å². The van der Waals surface area contributed by atoms with Gasteiger partial charge in [-0.3, -0.25) is 4.79 Å². The number of hydrogen-bond acceptors (Lipinski definition) is 3. The molecule has 5 heteroatoms. The van der Waals surface area contributed by atoms with E-state index >= 15 is 0 Å². The summed E-state index contributed by atoms with van der Waals surface area (Å²) in [6, 6.07) is 13.2. The number of rotatable bonds is 4. The summed E-state index contributed by atoms with van der Waals surface area (Å²) in [5.74, 6) is -0.0904. The molecule has 0 unspecified atom stereocenters. The third-order valence-corrected chi connectivity index (χ3v) is 3.31. The number of anilines is 1. The van der Waals surface area contributed by atoms with Crippen molar-refractivity contribution in [2.24, 2.45) is 5.73 Å². The molecule has 0 aliphatic carbocycles. The van der Waals surface area contributed by atoms with Crippen LogP contribution in [0.25, 0.3) is 11.0 Å². The lowest BCUT2D eigenvalue weighted by Crippen LogP contribution is -2.18. The number of aromatic nitrogens is 2. The number of carbonyl (C=O) groups is 1. The van der Waals surface area contributed by atoms with Crippen LogP contribution in [0.5, 0.6) is 0 Å². The Morgan fingerprint density at radius 3 is 2.76 bits per heavy atom. The van der Waals surface area contributed by atoms with Crippen molar-refractivity contribution < 1.29 is 4.79 Å². The van der Waals surface area contributed by atoms with Gasteiger partial charge < -0.3 is 15.6 Å². The Morgan fingerprint density at radius 2 is 2.00 bits per heavy atom. The van der Waals surface area contributed by atoms with Crippen LogP contribution in [0.2, 0.25) is 0 Å². The van der Waals surface area contributed by atoms with Crippen molar-refractivity contribution in [2.75, 3.05) is 5.32 Å². The summed E-state index contributed by atoms with van der Waals surface area (Å²) in [5.41, 5.74) is 8.30. The SMILES string of the molecule is NCc1cn(CC(=O)Nc2ccccc2)c2ncccc12. The molecule has 0 aliphatic heterocycles. The van der Waals surface area contributed by atoms with Gasteiger partial charge in [-0.1, -0.05) is 18.2 Å². The highest BCUT2D eigenvalue weighted by atomic mass is 16.1. The van der Waals surface area contributed by atoms with Gasteiger partial charge in [0, 0.05) is 30.0 Å². The topological polar surface area (TPSA) is 72.9 Å². The highest BCUT2D eigenvalue weighted by molar-refractivity contribution is 5.92. The first kappa shape index (κ1) is 13.3. The quantitative estimate of drug-likeness (QED) is 0.769. The number of carbonyl (C=O) groups excluding carboxylic acids is 1. The first-order valence-electron chi connectivity index (χ1n) is 6.75. The zero-order valence-corrected chi connectivity index (χ0v) is 11.5. The second-order valence-corrected chi connectivity index (χ2v) is 4.78. The fourth-order valence-corrected chi connectivity index (χ4v) is 2.36. The second-order valence-electron chi connectivity index (χ2n) is 4.78. The Morgan fingerprint density at radius 1 is 1.19 bits per heavy atom. The van der Waals surface area contributed by atoms with Crippen molar-refractivity contribution in [3.05, 3.63) is 60.4 Å². The number of hydrogen-bond donors (Lipinski definition) is 2. The third-order valence-electron chi connectivity index (χ3n) is 3.31. The van der Waals surface area contributed by atoms with Crippen molar-refractivity contribution in [2.45, 2.75) is 13.1 Å². The highest BCUT2D eigenvalue weighted by Gasteiger charge is 2.11. The Hall–Kier alpha value is -2.66. The molecule has 0 bridgehead atoms. The van der Waals surface area contributed by atoms with E-state index in [1.54, 1.807) is 6.20 Å². The predicted octanol–water partition coefficient (Wildman–Crippen LogP) is 2.13. The van der Waals surface area contributed by atoms with E-state index in [1.807, 2.05) is 53.2 Å². The summed E-state index contributed by atoms with van der Waals surface area (Å²) in [6.45, 7) is 0.637. The van der Waals surface area contributed by atoms with E-state index in [1.165, 1.54) is 0 Å². The molecule has 2 heterocycles. The Balaban J connectivity index is 1.83. The van der Waals surface area contributed by atoms with Crippen LogP contribution in [0.15, 0.2) is 54.9 Å². The minimum atomic E-state index is -0.0904. The van der Waals surface area contributed by atoms with Crippen LogP contribution in [-0.4, -0.2) is 15.5 Å². The molecule has 2 aromatic heterocycles. The lowest BCUT2D eigenvalue weighted by Gasteiger charge is -2.06. The number of nitrogens with two attached hydrogens (primary N) is 1. The van der Waals surface area contributed by atoms with E-state index in [0.29, 0.717) is 6.54 Å². The molecule has 0 spiro atoms. The molecular weight excluding hydrogens is 264 g/mol. The van der Waals surface area contributed by atoms with Crippen molar-refractivity contribution >= 4 is 22.6 Å². The number of nitrogens with zero attached hydrogens (tertiary/aromatic N) is 2. The molecule has 1 aromatic carbocycles. The molecular formula is C16H16N4O. The van der Waals surface area contributed by atoms with Crippen LogP contribution in [-0.2, 0) is 17.9 Å². The maximum atomic E-state index is 12.1. The van der Waals surface area contributed by atoms with Crippen molar-refractivity contribution in [1.29, 1.82) is 0 Å². The van der Waals surface area contributed by atoms with Crippen LogP contribution in [0.1, 0.15) is 5.56 Å². The van der Waals surface area contributed by atoms with Crippen molar-refractivity contribution in [1.82, 2.24) is 9.55 Å². The summed E-state index contributed by atoms with van der Waals surface area (Å²) in [5, 5.41) is 3.86. The summed E-state index contributed by atoms with van der Waals surface area (Å²) < 4.78 is 1.83. The van der Waals surface area contributed by atoms with Crippen LogP contribution in [0, 0.1) is 0 Å². The summed E-state index contributed by atoms with van der Waals surface area (Å²) in [7, 11) is 0. The van der Waals surface area contributed by atoms with E-state index in [9.17, 15) is 4.79 Å². The van der Waals surface area contributed by atoms with Gasteiger partial charge in [0.2, 0.25) is 5.91 Å². The maximum Gasteiger partial charge on any atom is 0.244 e. The number of fused-ring (bicyclic) bond motifs is 1. The number of benzene rings is 1. The molecule has 0 aliphatic rings. The van der Waals surface area contributed by atoms with Crippen molar-refractivity contribution in [3.63, 3.8) is 0 Å². The van der Waals surface area contributed by atoms with Crippen LogP contribution >= 0.6 is 0 Å². The zero-order valence-electron chi connectivity index (χ0n) is 11.5. The smallest absolute Gasteiger partial charge is 0.244 e. The first-order chi connectivity index (χ1) is 10.3. The monoisotopic (exact) mass is 280 g/mol. The summed E-state index contributed by atoms with van der Waals surface area (Å²) in [6.07, 6.45) is 3.61. The van der Waals surface area contributed by atoms with Gasteiger partial charge in [0.25, 0.3) is 0 Å².